The van der Waals surface area contributed by atoms with E-state index in [4.69, 9.17) is 41.4 Å². The minimum Gasteiger partial charge on any atom is -0.748 e. The van der Waals surface area contributed by atoms with Crippen LogP contribution in [0.4, 0.5) is 47.1 Å². The van der Waals surface area contributed by atoms with Crippen LogP contribution in [0.25, 0.3) is 43.8 Å². The number of carbonyl (C=O) groups is 7. The van der Waals surface area contributed by atoms with Crippen molar-refractivity contribution in [2.45, 2.75) is 229 Å². The molecule has 794 valence electrons. The molecule has 6 fully saturated rings. The number of anilines is 7. The number of aromatic nitrogens is 8. The fraction of sp³-hybridized carbons (Fsp3) is 0.538. The molecule has 4 aromatic heterocycles. The zero-order valence-corrected chi connectivity index (χ0v) is 87.6. The average molecular weight is 2090 g/mol. The van der Waals surface area contributed by atoms with Crippen molar-refractivity contribution in [1.82, 2.24) is 71.8 Å². The summed E-state index contributed by atoms with van der Waals surface area (Å²) in [6, 6.07) is 22.0. The zero-order chi connectivity index (χ0) is 105. The van der Waals surface area contributed by atoms with Crippen molar-refractivity contribution in [3.63, 3.8) is 0 Å². The third-order valence-corrected chi connectivity index (χ3v) is 32.0. The number of amides is 6. The van der Waals surface area contributed by atoms with E-state index in [9.17, 15) is 77.6 Å². The van der Waals surface area contributed by atoms with Crippen molar-refractivity contribution in [3.05, 3.63) is 137 Å². The van der Waals surface area contributed by atoms with E-state index in [2.05, 4.69) is 71.3 Å². The maximum atomic E-state index is 14.6. The van der Waals surface area contributed by atoms with Gasteiger partial charge in [0.05, 0.1) is 43.2 Å². The van der Waals surface area contributed by atoms with Gasteiger partial charge in [-0.1, -0.05) is 64.0 Å². The molecule has 6 amide bonds. The Morgan fingerprint density at radius 2 is 0.899 bits per heavy atom. The van der Waals surface area contributed by atoms with Crippen molar-refractivity contribution in [2.24, 2.45) is 17.4 Å². The molecule has 0 bridgehead atoms. The Kier molecular flexibility index (Phi) is 34.4. The summed E-state index contributed by atoms with van der Waals surface area (Å²) < 4.78 is 111. The number of carboxylic acids is 1. The molecule has 16 rings (SSSR count). The van der Waals surface area contributed by atoms with Crippen molar-refractivity contribution in [1.29, 1.82) is 0 Å². The van der Waals surface area contributed by atoms with E-state index in [1.165, 1.54) is 36.8 Å². The molecule has 0 radical (unpaired) electrons. The molecule has 41 nitrogen and oxygen atoms in total. The molecule has 148 heavy (non-hydrogen) atoms. The van der Waals surface area contributed by atoms with E-state index in [-0.39, 0.29) is 110 Å². The fourth-order valence-electron chi connectivity index (χ4n) is 21.5. The second kappa shape index (κ2) is 47.1. The number of carbonyl (C=O) groups excluding carboxylic acids is 6. The first-order chi connectivity index (χ1) is 70.7. The van der Waals surface area contributed by atoms with Gasteiger partial charge in [0, 0.05) is 189 Å². The van der Waals surface area contributed by atoms with Gasteiger partial charge in [-0.15, -0.1) is 0 Å². The molecular formula is C104H138N24O17S3. The molecular weight excluding hydrogens is 1950 g/mol. The van der Waals surface area contributed by atoms with E-state index in [0.29, 0.717) is 228 Å². The van der Waals surface area contributed by atoms with Crippen LogP contribution in [0.5, 0.6) is 0 Å². The van der Waals surface area contributed by atoms with Gasteiger partial charge in [-0.3, -0.25) is 42.7 Å². The summed E-state index contributed by atoms with van der Waals surface area (Å²) in [5, 5.41) is 29.6. The van der Waals surface area contributed by atoms with Crippen LogP contribution >= 0.6 is 0 Å². The van der Waals surface area contributed by atoms with Gasteiger partial charge in [-0.05, 0) is 236 Å². The Labute approximate surface area is 863 Å². The minimum absolute atomic E-state index is 0.0138. The van der Waals surface area contributed by atoms with Gasteiger partial charge in [0.15, 0.2) is 5.71 Å². The van der Waals surface area contributed by atoms with Crippen LogP contribution in [0.15, 0.2) is 108 Å². The first-order valence-corrected chi connectivity index (χ1v) is 56.8. The highest BCUT2D eigenvalue weighted by atomic mass is 32.2. The van der Waals surface area contributed by atoms with Crippen LogP contribution in [-0.4, -0.2) is 289 Å². The second-order valence-electron chi connectivity index (χ2n) is 41.0. The van der Waals surface area contributed by atoms with Gasteiger partial charge < -0.3 is 87.3 Å². The summed E-state index contributed by atoms with van der Waals surface area (Å²) in [7, 11) is -14.1. The minimum atomic E-state index is -4.87. The maximum absolute atomic E-state index is 14.6. The second-order valence-corrected chi connectivity index (χ2v) is 45.6. The van der Waals surface area contributed by atoms with Crippen molar-refractivity contribution < 1.29 is 82.2 Å². The Hall–Kier alpha value is -12.6. The number of nitrogens with two attached hydrogens (primary N) is 2. The smallest absolute Gasteiger partial charge is 0.306 e. The third kappa shape index (κ3) is 26.1. The summed E-state index contributed by atoms with van der Waals surface area (Å²) in [6.07, 6.45) is 20.4. The lowest BCUT2D eigenvalue weighted by Gasteiger charge is -2.35. The summed E-state index contributed by atoms with van der Waals surface area (Å²) in [6.45, 7) is 20.6. The number of nitrogens with one attached hydrogen (secondary N) is 6. The largest absolute Gasteiger partial charge is 0.748 e. The lowest BCUT2D eigenvalue weighted by molar-refractivity contribution is -0.435. The Morgan fingerprint density at radius 3 is 1.34 bits per heavy atom. The number of pyridine rings is 2. The molecule has 0 saturated carbocycles. The van der Waals surface area contributed by atoms with Crippen molar-refractivity contribution >= 4 is 146 Å². The van der Waals surface area contributed by atoms with Gasteiger partial charge in [-0.2, -0.15) is 51.3 Å². The number of benzene rings is 4. The number of unbranched alkanes of at least 4 members (excludes halogenated alkanes) is 4. The standard InChI is InChI=1S/C104H138N24O17S3/c1-7-43-127-86(104(5,6)81-65-78(75-29-28-73(148(143,144)145)63-79(75)91(81)127)68-61-84(114-85(62-68)95(134)110-42-58-147(140,141)142)94(133)109-41-17-10-13-27-88(129)111-71-36-53-125(54-37-71)101-116-97(121-44-18-11-19-45-121)115-99(119-101)123-49-32-69(105)33-50-123)24-20-25-87-103(3,4)80-64-77(74-22-14-15-23-76(74)90(80)128(87)46-21-57-146(137,138)139)67-59-82(92(131)107-8-2)113-83(60-67)93(132)108-40-16-9-12-26-89(130)112-72-38-55-126(56-39-72)102-118-98(122-47-30-66(31-48-122)96(135)136)117-100(120-102)124-51-34-70(106)35-52-124/h14-15,20,22-25,28-29,59-66,69-72H,7-13,16-19,21,26-27,30-58,105-106H2,1-6H3,(H9-,107,108,109,110,111,112,129,130,131,132,133,134,135,136,137,138,139,140,141,142,143,144,145). The molecule has 8 aromatic rings. The van der Waals surface area contributed by atoms with Crippen LogP contribution in [-0.2, 0) is 55.6 Å². The Balaban J connectivity index is 0.604. The topological polar surface area (TPSA) is 559 Å². The highest BCUT2D eigenvalue weighted by Crippen LogP contribution is 2.55. The van der Waals surface area contributed by atoms with Crippen LogP contribution < -0.4 is 77.7 Å². The van der Waals surface area contributed by atoms with Gasteiger partial charge in [0.2, 0.25) is 53.2 Å². The van der Waals surface area contributed by atoms with Gasteiger partial charge in [0.25, 0.3) is 43.9 Å². The normalized spacial score (nSPS) is 18.1. The van der Waals surface area contributed by atoms with Gasteiger partial charge >= 0.3 is 5.97 Å². The highest BCUT2D eigenvalue weighted by Gasteiger charge is 2.48. The van der Waals surface area contributed by atoms with Crippen LogP contribution in [0.2, 0.25) is 0 Å². The lowest BCUT2D eigenvalue weighted by Crippen LogP contribution is -2.46. The SMILES string of the molecule is CCCN1/C(=C/C=C/C2=[N+](CCCS(=O)(=O)[O-])c3c(cc(-c4cc(C(=O)NCC)nc(C(=O)NCCCCCC(=O)NC5CCN(c6nc(N7CCC(N)CC7)nc(N7CCC(C(=O)O)CC7)n6)CC5)c4)c4ccccc34)C2(C)C)C(C)(C)c2cc(-c3cc(C(=O)NCCCCCC(=O)NC4CCN(c5nc(N6CCCCC6)nc(N6CCC(N)CC6)n5)CC4)nc(C(=O)NCCS(=O)(=O)O)c3)c3ccc(S(=O)(=O)O)cc3c21. The average Bonchev–Trinajstić information content (AvgIpc) is 1.55. The molecule has 13 N–H and O–H groups in total. The highest BCUT2D eigenvalue weighted by molar-refractivity contribution is 7.86. The van der Waals surface area contributed by atoms with Crippen LogP contribution in [0.3, 0.4) is 0 Å². The molecule has 6 saturated heterocycles. The molecule has 0 atom stereocenters. The molecule has 8 aliphatic rings. The van der Waals surface area contributed by atoms with Crippen molar-refractivity contribution in [3.8, 4) is 22.3 Å². The predicted octanol–water partition coefficient (Wildman–Crippen LogP) is 9.36. The van der Waals surface area contributed by atoms with E-state index in [1.54, 1.807) is 19.1 Å². The Morgan fingerprint density at radius 1 is 0.473 bits per heavy atom. The molecule has 0 aliphatic carbocycles. The van der Waals surface area contributed by atoms with Crippen LogP contribution in [0, 0.1) is 5.92 Å². The maximum Gasteiger partial charge on any atom is 0.306 e. The van der Waals surface area contributed by atoms with E-state index < -0.39 is 99.6 Å². The third-order valence-electron chi connectivity index (χ3n) is 29.7. The molecule has 12 heterocycles. The zero-order valence-electron chi connectivity index (χ0n) is 85.1. The Bertz CT molecular complexity index is 6760. The van der Waals surface area contributed by atoms with E-state index >= 15 is 0 Å². The van der Waals surface area contributed by atoms with Gasteiger partial charge in [0.1, 0.15) is 29.3 Å². The number of allylic oxidation sites excluding steroid dienone is 4. The number of carboxylic acid groups (broad SMARTS) is 1. The molecule has 0 unspecified atom stereocenters. The first kappa shape index (κ1) is 108. The molecule has 4 aromatic carbocycles. The number of rotatable bonds is 40. The fourth-order valence-corrected chi connectivity index (χ4v) is 22.8. The van der Waals surface area contributed by atoms with E-state index in [1.807, 2.05) is 98.7 Å². The van der Waals surface area contributed by atoms with Crippen LogP contribution in [0.1, 0.15) is 242 Å². The number of hydrogen-bond donors (Lipinski definition) is 11. The monoisotopic (exact) mass is 2090 g/mol. The number of aliphatic carboxylic acids is 1. The lowest BCUT2D eigenvalue weighted by atomic mass is 9.79. The summed E-state index contributed by atoms with van der Waals surface area (Å²) >= 11 is 0. The van der Waals surface area contributed by atoms with E-state index in [0.717, 1.165) is 87.0 Å². The number of hydrogen-bond acceptors (Lipinski definition) is 31. The first-order valence-electron chi connectivity index (χ1n) is 52.1. The summed E-state index contributed by atoms with van der Waals surface area (Å²) in [4.78, 5) is 150. The molecule has 8 aliphatic heterocycles. The van der Waals surface area contributed by atoms with Crippen molar-refractivity contribution in [2.75, 3.05) is 164 Å². The molecule has 0 spiro atoms. The predicted molar refractivity (Wildman–Crippen MR) is 566 cm³/mol. The molecule has 44 heteroatoms. The summed E-state index contributed by atoms with van der Waals surface area (Å²) in [5.74, 6) is -1.83. The number of piperidine rings is 6. The summed E-state index contributed by atoms with van der Waals surface area (Å²) in [5.41, 5.74) is 16.0. The quantitative estimate of drug-likeness (QED) is 0.00967. The number of nitrogens with zero attached hydrogens (tertiary/aromatic N) is 16. The number of fused-ring (bicyclic) bond motifs is 6. The van der Waals surface area contributed by atoms with Gasteiger partial charge in [-0.25, -0.2) is 18.4 Å².